The van der Waals surface area contributed by atoms with Crippen LogP contribution in [0.25, 0.3) is 0 Å². The smallest absolute Gasteiger partial charge is 0.317 e. The van der Waals surface area contributed by atoms with Crippen LogP contribution in [0.1, 0.15) is 32.3 Å². The van der Waals surface area contributed by atoms with Crippen molar-refractivity contribution in [2.75, 3.05) is 13.1 Å². The third kappa shape index (κ3) is 4.76. The van der Waals surface area contributed by atoms with E-state index in [1.54, 1.807) is 4.90 Å². The van der Waals surface area contributed by atoms with Crippen LogP contribution in [-0.4, -0.2) is 36.0 Å². The summed E-state index contributed by atoms with van der Waals surface area (Å²) in [6, 6.07) is 9.97. The molecule has 0 aliphatic carbocycles. The summed E-state index contributed by atoms with van der Waals surface area (Å²) < 4.78 is 0. The zero-order chi connectivity index (χ0) is 15.9. The summed E-state index contributed by atoms with van der Waals surface area (Å²) in [7, 11) is 0. The fourth-order valence-corrected chi connectivity index (χ4v) is 2.63. The molecule has 1 aliphatic rings. The summed E-state index contributed by atoms with van der Waals surface area (Å²) >= 11 is 0. The van der Waals surface area contributed by atoms with E-state index in [1.165, 1.54) is 0 Å². The van der Waals surface area contributed by atoms with E-state index in [2.05, 4.69) is 10.6 Å². The Morgan fingerprint density at radius 2 is 1.82 bits per heavy atom. The maximum Gasteiger partial charge on any atom is 0.317 e. The first-order valence-corrected chi connectivity index (χ1v) is 7.93. The molecule has 0 spiro atoms. The van der Waals surface area contributed by atoms with Gasteiger partial charge in [-0.3, -0.25) is 4.79 Å². The first-order valence-electron chi connectivity index (χ1n) is 7.93. The highest BCUT2D eigenvalue weighted by Crippen LogP contribution is 2.17. The molecule has 5 nitrogen and oxygen atoms in total. The lowest BCUT2D eigenvalue weighted by atomic mass is 9.96. The third-order valence-corrected chi connectivity index (χ3v) is 3.87. The minimum Gasteiger partial charge on any atom is -0.354 e. The lowest BCUT2D eigenvalue weighted by Gasteiger charge is -2.31. The van der Waals surface area contributed by atoms with E-state index in [0.717, 1.165) is 18.4 Å². The van der Waals surface area contributed by atoms with Gasteiger partial charge >= 0.3 is 6.03 Å². The minimum absolute atomic E-state index is 0.0283. The predicted octanol–water partition coefficient (Wildman–Crippen LogP) is 2.13. The normalized spacial score (nSPS) is 15.7. The summed E-state index contributed by atoms with van der Waals surface area (Å²) in [5.41, 5.74) is 1.09. The lowest BCUT2D eigenvalue weighted by molar-refractivity contribution is -0.126. The molecule has 1 aliphatic heterocycles. The van der Waals surface area contributed by atoms with Crippen molar-refractivity contribution in [1.29, 1.82) is 0 Å². The van der Waals surface area contributed by atoms with Gasteiger partial charge in [-0.1, -0.05) is 30.3 Å². The number of carbonyl (C=O) groups excluding carboxylic acids is 2. The number of rotatable bonds is 4. The number of nitrogens with zero attached hydrogens (tertiary/aromatic N) is 1. The van der Waals surface area contributed by atoms with Crippen molar-refractivity contribution in [3.05, 3.63) is 35.9 Å². The number of amides is 3. The fraction of sp³-hybridized carbons (Fsp3) is 0.529. The fourth-order valence-electron chi connectivity index (χ4n) is 2.63. The number of benzene rings is 1. The Labute approximate surface area is 132 Å². The van der Waals surface area contributed by atoms with Crippen LogP contribution in [-0.2, 0) is 11.3 Å². The van der Waals surface area contributed by atoms with Gasteiger partial charge in [0.2, 0.25) is 5.91 Å². The highest BCUT2D eigenvalue weighted by atomic mass is 16.2. The Morgan fingerprint density at radius 1 is 1.18 bits per heavy atom. The highest BCUT2D eigenvalue weighted by Gasteiger charge is 2.27. The topological polar surface area (TPSA) is 61.4 Å². The molecule has 1 aromatic rings. The maximum atomic E-state index is 12.1. The molecule has 1 aromatic carbocycles. The molecule has 2 rings (SSSR count). The van der Waals surface area contributed by atoms with E-state index in [-0.39, 0.29) is 23.9 Å². The Hall–Kier alpha value is -2.04. The number of piperidine rings is 1. The van der Waals surface area contributed by atoms with Crippen molar-refractivity contribution in [3.63, 3.8) is 0 Å². The maximum absolute atomic E-state index is 12.1. The molecule has 0 atom stereocenters. The SMILES string of the molecule is CC(C)NC(=O)C1CCN(C(=O)NCc2ccccc2)CC1. The highest BCUT2D eigenvalue weighted by molar-refractivity contribution is 5.79. The molecule has 2 N–H and O–H groups in total. The van der Waals surface area contributed by atoms with Crippen molar-refractivity contribution in [1.82, 2.24) is 15.5 Å². The number of likely N-dealkylation sites (tertiary alicyclic amines) is 1. The van der Waals surface area contributed by atoms with Crippen molar-refractivity contribution >= 4 is 11.9 Å². The largest absolute Gasteiger partial charge is 0.354 e. The van der Waals surface area contributed by atoms with Crippen LogP contribution in [0.5, 0.6) is 0 Å². The van der Waals surface area contributed by atoms with Crippen molar-refractivity contribution in [2.24, 2.45) is 5.92 Å². The minimum atomic E-state index is -0.0495. The lowest BCUT2D eigenvalue weighted by Crippen LogP contribution is -2.47. The predicted molar refractivity (Wildman–Crippen MR) is 86.3 cm³/mol. The van der Waals surface area contributed by atoms with Crippen molar-refractivity contribution < 1.29 is 9.59 Å². The van der Waals surface area contributed by atoms with E-state index < -0.39 is 0 Å². The van der Waals surface area contributed by atoms with Gasteiger partial charge in [0.1, 0.15) is 0 Å². The third-order valence-electron chi connectivity index (χ3n) is 3.87. The Kier molecular flexibility index (Phi) is 5.81. The van der Waals surface area contributed by atoms with Gasteiger partial charge in [0.05, 0.1) is 0 Å². The van der Waals surface area contributed by atoms with Gasteiger partial charge in [0.15, 0.2) is 0 Å². The first kappa shape index (κ1) is 16.3. The molecule has 0 bridgehead atoms. The second kappa shape index (κ2) is 7.82. The van der Waals surface area contributed by atoms with Crippen LogP contribution in [0, 0.1) is 5.92 Å². The number of hydrogen-bond acceptors (Lipinski definition) is 2. The van der Waals surface area contributed by atoms with Gasteiger partial charge in [0, 0.05) is 31.6 Å². The van der Waals surface area contributed by atoms with E-state index in [1.807, 2.05) is 44.2 Å². The molecule has 0 unspecified atom stereocenters. The Bertz CT molecular complexity index is 494. The molecular weight excluding hydrogens is 278 g/mol. The van der Waals surface area contributed by atoms with Crippen LogP contribution >= 0.6 is 0 Å². The van der Waals surface area contributed by atoms with E-state index >= 15 is 0 Å². The van der Waals surface area contributed by atoms with Gasteiger partial charge in [-0.15, -0.1) is 0 Å². The molecule has 0 aromatic heterocycles. The Morgan fingerprint density at radius 3 is 2.41 bits per heavy atom. The van der Waals surface area contributed by atoms with Crippen LogP contribution in [0.15, 0.2) is 30.3 Å². The van der Waals surface area contributed by atoms with Gasteiger partial charge in [-0.05, 0) is 32.3 Å². The van der Waals surface area contributed by atoms with Crippen LogP contribution in [0.3, 0.4) is 0 Å². The molecule has 22 heavy (non-hydrogen) atoms. The molecule has 1 heterocycles. The van der Waals surface area contributed by atoms with Gasteiger partial charge in [-0.25, -0.2) is 4.79 Å². The monoisotopic (exact) mass is 303 g/mol. The Balaban J connectivity index is 1.74. The van der Waals surface area contributed by atoms with E-state index in [0.29, 0.717) is 19.6 Å². The number of urea groups is 1. The molecule has 120 valence electrons. The number of hydrogen-bond donors (Lipinski definition) is 2. The van der Waals surface area contributed by atoms with Crippen LogP contribution in [0.4, 0.5) is 4.79 Å². The standard InChI is InChI=1S/C17H25N3O2/c1-13(2)19-16(21)15-8-10-20(11-9-15)17(22)18-12-14-6-4-3-5-7-14/h3-7,13,15H,8-12H2,1-2H3,(H,18,22)(H,19,21). The number of nitrogens with one attached hydrogen (secondary N) is 2. The quantitative estimate of drug-likeness (QED) is 0.895. The van der Waals surface area contributed by atoms with Crippen LogP contribution < -0.4 is 10.6 Å². The zero-order valence-electron chi connectivity index (χ0n) is 13.3. The van der Waals surface area contributed by atoms with E-state index in [4.69, 9.17) is 0 Å². The summed E-state index contributed by atoms with van der Waals surface area (Å²) in [4.78, 5) is 25.9. The van der Waals surface area contributed by atoms with Gasteiger partial charge in [-0.2, -0.15) is 0 Å². The second-order valence-electron chi connectivity index (χ2n) is 6.07. The average molecular weight is 303 g/mol. The van der Waals surface area contributed by atoms with Gasteiger partial charge in [0.25, 0.3) is 0 Å². The van der Waals surface area contributed by atoms with Crippen LogP contribution in [0.2, 0.25) is 0 Å². The van der Waals surface area contributed by atoms with Crippen molar-refractivity contribution in [3.8, 4) is 0 Å². The summed E-state index contributed by atoms with van der Waals surface area (Å²) in [5, 5.41) is 5.88. The summed E-state index contributed by atoms with van der Waals surface area (Å²) in [5.74, 6) is 0.139. The summed E-state index contributed by atoms with van der Waals surface area (Å²) in [6.07, 6.45) is 1.47. The zero-order valence-corrected chi connectivity index (χ0v) is 13.3. The molecule has 5 heteroatoms. The average Bonchev–Trinajstić information content (AvgIpc) is 2.53. The molecular formula is C17H25N3O2. The van der Waals surface area contributed by atoms with Gasteiger partial charge < -0.3 is 15.5 Å². The molecule has 1 fully saturated rings. The molecule has 0 saturated carbocycles. The molecule has 3 amide bonds. The van der Waals surface area contributed by atoms with E-state index in [9.17, 15) is 9.59 Å². The molecule has 0 radical (unpaired) electrons. The second-order valence-corrected chi connectivity index (χ2v) is 6.07. The first-order chi connectivity index (χ1) is 10.6. The number of carbonyl (C=O) groups is 2. The summed E-state index contributed by atoms with van der Waals surface area (Å²) in [6.45, 7) is 5.73. The molecule has 1 saturated heterocycles. The van der Waals surface area contributed by atoms with Crippen molar-refractivity contribution in [2.45, 2.75) is 39.3 Å².